The molecule has 1 aliphatic heterocycles. The second kappa shape index (κ2) is 5.64. The van der Waals surface area contributed by atoms with Gasteiger partial charge in [-0.3, -0.25) is 9.59 Å². The van der Waals surface area contributed by atoms with Gasteiger partial charge in [-0.25, -0.2) is 9.88 Å². The van der Waals surface area contributed by atoms with Crippen molar-refractivity contribution < 1.29 is 9.59 Å². The van der Waals surface area contributed by atoms with Crippen LogP contribution in [0.4, 0.5) is 5.82 Å². The topological polar surface area (TPSA) is 50.3 Å². The molecule has 4 aliphatic rings. The Morgan fingerprint density at radius 2 is 1.10 bits per heavy atom. The van der Waals surface area contributed by atoms with Gasteiger partial charge in [-0.05, 0) is 34.4 Å². The fourth-order valence-electron chi connectivity index (χ4n) is 5.38. The molecule has 2 heterocycles. The largest absolute Gasteiger partial charge is 0.274 e. The van der Waals surface area contributed by atoms with Crippen LogP contribution in [0.3, 0.4) is 0 Å². The summed E-state index contributed by atoms with van der Waals surface area (Å²) in [5.74, 6) is -1.20. The number of carbonyl (C=O) groups is 2. The number of aromatic nitrogens is 1. The molecule has 6 heteroatoms. The van der Waals surface area contributed by atoms with Gasteiger partial charge >= 0.3 is 0 Å². The molecule has 7 rings (SSSR count). The van der Waals surface area contributed by atoms with Gasteiger partial charge in [-0.1, -0.05) is 86.5 Å². The second-order valence-corrected chi connectivity index (χ2v) is 10.2. The number of halogens is 2. The molecule has 3 aromatic rings. The van der Waals surface area contributed by atoms with Crippen LogP contribution in [0.25, 0.3) is 0 Å². The van der Waals surface area contributed by atoms with Crippen LogP contribution >= 0.6 is 31.9 Å². The van der Waals surface area contributed by atoms with Crippen LogP contribution in [0.1, 0.15) is 22.3 Å². The van der Waals surface area contributed by atoms with Gasteiger partial charge in [0.05, 0.1) is 20.5 Å². The smallest absolute Gasteiger partial charge is 0.241 e. The van der Waals surface area contributed by atoms with E-state index in [-0.39, 0.29) is 11.8 Å². The first-order chi connectivity index (χ1) is 14.0. The first-order valence-corrected chi connectivity index (χ1v) is 11.0. The van der Waals surface area contributed by atoms with Gasteiger partial charge in [0.2, 0.25) is 11.8 Å². The van der Waals surface area contributed by atoms with E-state index in [1.807, 2.05) is 48.5 Å². The van der Waals surface area contributed by atoms with Crippen LogP contribution in [-0.2, 0) is 18.2 Å². The molecule has 0 radical (unpaired) electrons. The lowest BCUT2D eigenvalue weighted by Crippen LogP contribution is -2.56. The quantitative estimate of drug-likeness (QED) is 0.358. The third kappa shape index (κ3) is 1.87. The Labute approximate surface area is 184 Å². The van der Waals surface area contributed by atoms with Crippen LogP contribution < -0.4 is 4.90 Å². The van der Waals surface area contributed by atoms with E-state index < -0.39 is 20.5 Å². The molecular weight excluding hydrogens is 496 g/mol. The van der Waals surface area contributed by atoms with Crippen molar-refractivity contribution in [3.63, 3.8) is 0 Å². The van der Waals surface area contributed by atoms with E-state index in [0.717, 1.165) is 22.3 Å². The monoisotopic (exact) mass is 508 g/mol. The van der Waals surface area contributed by atoms with Gasteiger partial charge in [0.1, 0.15) is 5.82 Å². The van der Waals surface area contributed by atoms with Crippen molar-refractivity contribution in [2.45, 2.75) is 8.65 Å². The van der Waals surface area contributed by atoms with Gasteiger partial charge in [0, 0.05) is 6.20 Å². The molecule has 2 bridgehead atoms. The molecule has 2 amide bonds. The van der Waals surface area contributed by atoms with Crippen LogP contribution in [0.5, 0.6) is 0 Å². The zero-order valence-corrected chi connectivity index (χ0v) is 18.2. The SMILES string of the molecule is O=C1[C@H]2[C@H](C(=O)N1c1ccccn1)C1(Br)c3ccccc3C2(Br)c2ccccc21. The fraction of sp³-hybridized carbons (Fsp3) is 0.174. The predicted molar refractivity (Wildman–Crippen MR) is 116 cm³/mol. The number of hydrogen-bond donors (Lipinski definition) is 0. The minimum atomic E-state index is -0.767. The standard InChI is InChI=1S/C23H14Br2N2O2/c24-22-13-7-1-2-8-14(13)23(25,16-10-4-3-9-15(16)22)19-18(22)20(28)27(21(19)29)17-11-5-6-12-26-17/h1-12,18-19H/t18-,19-,22?,23?/m1/s1. The number of nitrogens with zero attached hydrogens (tertiary/aromatic N) is 2. The van der Waals surface area contributed by atoms with Crippen LogP contribution in [0.15, 0.2) is 72.9 Å². The number of anilines is 1. The summed E-state index contributed by atoms with van der Waals surface area (Å²) in [6.45, 7) is 0. The number of hydrogen-bond acceptors (Lipinski definition) is 3. The van der Waals surface area contributed by atoms with Crippen molar-refractivity contribution in [1.82, 2.24) is 4.98 Å². The van der Waals surface area contributed by atoms with Gasteiger partial charge < -0.3 is 0 Å². The molecular formula is C23H14Br2N2O2. The van der Waals surface area contributed by atoms with Gasteiger partial charge in [0.25, 0.3) is 0 Å². The molecule has 0 saturated carbocycles. The molecule has 0 spiro atoms. The van der Waals surface area contributed by atoms with Crippen molar-refractivity contribution in [2.75, 3.05) is 4.90 Å². The number of amides is 2. The van der Waals surface area contributed by atoms with E-state index in [1.54, 1.807) is 24.4 Å². The molecule has 1 aromatic heterocycles. The maximum absolute atomic E-state index is 13.7. The van der Waals surface area contributed by atoms with Crippen molar-refractivity contribution in [3.05, 3.63) is 95.2 Å². The molecule has 0 unspecified atom stereocenters. The van der Waals surface area contributed by atoms with Crippen LogP contribution in [0.2, 0.25) is 0 Å². The molecule has 3 aliphatic carbocycles. The van der Waals surface area contributed by atoms with E-state index in [1.165, 1.54) is 4.90 Å². The number of rotatable bonds is 1. The summed E-state index contributed by atoms with van der Waals surface area (Å²) in [5.41, 5.74) is 4.11. The average Bonchev–Trinajstić information content (AvgIpc) is 3.04. The third-order valence-corrected chi connectivity index (χ3v) is 9.16. The maximum Gasteiger partial charge on any atom is 0.241 e. The summed E-state index contributed by atoms with van der Waals surface area (Å²) < 4.78 is -1.53. The second-order valence-electron chi connectivity index (χ2n) is 7.67. The Bertz CT molecular complexity index is 1090. The summed E-state index contributed by atoms with van der Waals surface area (Å²) in [5, 5.41) is 0. The summed E-state index contributed by atoms with van der Waals surface area (Å²) in [6, 6.07) is 21.4. The van der Waals surface area contributed by atoms with Gasteiger partial charge in [0.15, 0.2) is 0 Å². The maximum atomic E-state index is 13.7. The Morgan fingerprint density at radius 1 is 0.690 bits per heavy atom. The molecule has 0 N–H and O–H groups in total. The summed E-state index contributed by atoms with van der Waals surface area (Å²) in [4.78, 5) is 33.0. The summed E-state index contributed by atoms with van der Waals surface area (Å²) in [6.07, 6.45) is 1.60. The molecule has 2 aromatic carbocycles. The number of pyridine rings is 1. The van der Waals surface area contributed by atoms with E-state index in [0.29, 0.717) is 5.82 Å². The highest BCUT2D eigenvalue weighted by atomic mass is 79.9. The first-order valence-electron chi connectivity index (χ1n) is 9.37. The zero-order chi connectivity index (χ0) is 20.0. The molecule has 142 valence electrons. The lowest BCUT2D eigenvalue weighted by Gasteiger charge is -2.55. The number of carbonyl (C=O) groups excluding carboxylic acids is 2. The zero-order valence-electron chi connectivity index (χ0n) is 15.0. The molecule has 1 fully saturated rings. The highest BCUT2D eigenvalue weighted by Crippen LogP contribution is 2.70. The van der Waals surface area contributed by atoms with Crippen LogP contribution in [0, 0.1) is 11.8 Å². The van der Waals surface area contributed by atoms with Gasteiger partial charge in [-0.15, -0.1) is 0 Å². The number of alkyl halides is 2. The third-order valence-electron chi connectivity index (χ3n) is 6.46. The highest BCUT2D eigenvalue weighted by molar-refractivity contribution is 9.10. The van der Waals surface area contributed by atoms with Crippen molar-refractivity contribution in [3.8, 4) is 0 Å². The fourth-order valence-corrected chi connectivity index (χ4v) is 7.68. The lowest BCUT2D eigenvalue weighted by molar-refractivity contribution is -0.122. The Morgan fingerprint density at radius 3 is 1.48 bits per heavy atom. The average molecular weight is 510 g/mol. The molecule has 2 atom stereocenters. The van der Waals surface area contributed by atoms with E-state index in [9.17, 15) is 9.59 Å². The molecule has 4 nitrogen and oxygen atoms in total. The number of benzene rings is 2. The van der Waals surface area contributed by atoms with E-state index >= 15 is 0 Å². The first kappa shape index (κ1) is 17.5. The van der Waals surface area contributed by atoms with E-state index in [4.69, 9.17) is 0 Å². The highest BCUT2D eigenvalue weighted by Gasteiger charge is 2.72. The Balaban J connectivity index is 1.69. The minimum Gasteiger partial charge on any atom is -0.274 e. The van der Waals surface area contributed by atoms with E-state index in [2.05, 4.69) is 36.8 Å². The number of imide groups is 1. The van der Waals surface area contributed by atoms with Crippen molar-refractivity contribution in [2.24, 2.45) is 11.8 Å². The Kier molecular flexibility index (Phi) is 3.41. The predicted octanol–water partition coefficient (Wildman–Crippen LogP) is 4.49. The molecule has 29 heavy (non-hydrogen) atoms. The minimum absolute atomic E-state index is 0.219. The molecule has 1 saturated heterocycles. The normalized spacial score (nSPS) is 31.4. The lowest BCUT2D eigenvalue weighted by atomic mass is 9.54. The van der Waals surface area contributed by atoms with Crippen molar-refractivity contribution >= 4 is 49.5 Å². The summed E-state index contributed by atoms with van der Waals surface area (Å²) >= 11 is 7.98. The van der Waals surface area contributed by atoms with Crippen molar-refractivity contribution in [1.29, 1.82) is 0 Å². The van der Waals surface area contributed by atoms with Crippen LogP contribution in [-0.4, -0.2) is 16.8 Å². The summed E-state index contributed by atoms with van der Waals surface area (Å²) in [7, 11) is 0. The Hall–Kier alpha value is -2.31. The van der Waals surface area contributed by atoms with Gasteiger partial charge in [-0.2, -0.15) is 0 Å².